The Labute approximate surface area is 180 Å². The Balaban J connectivity index is 1.50. The van der Waals surface area contributed by atoms with Gasteiger partial charge >= 0.3 is 0 Å². The van der Waals surface area contributed by atoms with E-state index >= 15 is 0 Å². The Bertz CT molecular complexity index is 1220. The standard InChI is InChI=1S/C26H22O3S/c1-18-7-14-26(30-18)24(27)12-8-19-9-13-25(28-2)22(15-19)17-29-23-11-10-20-5-3-4-6-21(20)16-23/h3-16H,17H2,1-2H3/b12-8+. The zero-order valence-corrected chi connectivity index (χ0v) is 17.7. The van der Waals surface area contributed by atoms with Gasteiger partial charge in [-0.15, -0.1) is 11.3 Å². The highest BCUT2D eigenvalue weighted by atomic mass is 32.1. The lowest BCUT2D eigenvalue weighted by Gasteiger charge is -2.12. The van der Waals surface area contributed by atoms with Crippen LogP contribution in [0.15, 0.2) is 78.9 Å². The number of hydrogen-bond acceptors (Lipinski definition) is 4. The summed E-state index contributed by atoms with van der Waals surface area (Å²) < 4.78 is 11.5. The second-order valence-electron chi connectivity index (χ2n) is 6.98. The summed E-state index contributed by atoms with van der Waals surface area (Å²) in [5, 5.41) is 2.32. The molecule has 0 amide bonds. The Kier molecular flexibility index (Phi) is 5.96. The lowest BCUT2D eigenvalue weighted by Crippen LogP contribution is -1.99. The molecule has 0 radical (unpaired) electrons. The van der Waals surface area contributed by atoms with Crippen molar-refractivity contribution in [2.24, 2.45) is 0 Å². The molecule has 0 aliphatic carbocycles. The Morgan fingerprint density at radius 1 is 0.967 bits per heavy atom. The van der Waals surface area contributed by atoms with Crippen molar-refractivity contribution in [1.82, 2.24) is 0 Å². The molecule has 0 saturated carbocycles. The van der Waals surface area contributed by atoms with Crippen molar-refractivity contribution in [3.8, 4) is 11.5 Å². The minimum atomic E-state index is 0.0119. The molecule has 0 saturated heterocycles. The van der Waals surface area contributed by atoms with E-state index in [1.165, 1.54) is 16.7 Å². The van der Waals surface area contributed by atoms with Crippen LogP contribution in [0.5, 0.6) is 11.5 Å². The van der Waals surface area contributed by atoms with E-state index in [4.69, 9.17) is 9.47 Å². The van der Waals surface area contributed by atoms with Gasteiger partial charge in [0.25, 0.3) is 0 Å². The molecular formula is C26H22O3S. The number of rotatable bonds is 7. The van der Waals surface area contributed by atoms with Gasteiger partial charge in [0.1, 0.15) is 18.1 Å². The third-order valence-corrected chi connectivity index (χ3v) is 5.85. The minimum Gasteiger partial charge on any atom is -0.496 e. The first-order valence-electron chi connectivity index (χ1n) is 9.70. The number of hydrogen-bond donors (Lipinski definition) is 0. The van der Waals surface area contributed by atoms with Crippen LogP contribution in [0.4, 0.5) is 0 Å². The zero-order chi connectivity index (χ0) is 20.9. The van der Waals surface area contributed by atoms with E-state index in [9.17, 15) is 4.79 Å². The van der Waals surface area contributed by atoms with Crippen molar-refractivity contribution in [3.63, 3.8) is 0 Å². The molecule has 3 aromatic carbocycles. The molecule has 0 fully saturated rings. The number of methoxy groups -OCH3 is 1. The molecule has 4 heteroatoms. The van der Waals surface area contributed by atoms with Crippen LogP contribution in [0.25, 0.3) is 16.8 Å². The van der Waals surface area contributed by atoms with Crippen LogP contribution in [0.3, 0.4) is 0 Å². The fourth-order valence-corrected chi connectivity index (χ4v) is 4.04. The fraction of sp³-hybridized carbons (Fsp3) is 0.115. The molecule has 3 nitrogen and oxygen atoms in total. The Morgan fingerprint density at radius 3 is 2.57 bits per heavy atom. The summed E-state index contributed by atoms with van der Waals surface area (Å²) in [4.78, 5) is 14.2. The predicted molar refractivity (Wildman–Crippen MR) is 124 cm³/mol. The molecule has 30 heavy (non-hydrogen) atoms. The van der Waals surface area contributed by atoms with Crippen LogP contribution < -0.4 is 9.47 Å². The van der Waals surface area contributed by atoms with Gasteiger partial charge in [0, 0.05) is 10.4 Å². The van der Waals surface area contributed by atoms with Gasteiger partial charge in [-0.2, -0.15) is 0 Å². The lowest BCUT2D eigenvalue weighted by atomic mass is 10.1. The lowest BCUT2D eigenvalue weighted by molar-refractivity contribution is 0.105. The average molecular weight is 415 g/mol. The highest BCUT2D eigenvalue weighted by Gasteiger charge is 2.07. The molecule has 4 rings (SSSR count). The summed E-state index contributed by atoms with van der Waals surface area (Å²) in [7, 11) is 1.65. The molecule has 0 unspecified atom stereocenters. The van der Waals surface area contributed by atoms with Gasteiger partial charge in [0.2, 0.25) is 0 Å². The van der Waals surface area contributed by atoms with E-state index in [0.717, 1.165) is 37.8 Å². The van der Waals surface area contributed by atoms with Crippen LogP contribution in [0.2, 0.25) is 0 Å². The molecule has 0 atom stereocenters. The average Bonchev–Trinajstić information content (AvgIpc) is 3.22. The first-order chi connectivity index (χ1) is 14.6. The molecule has 0 aliphatic rings. The third kappa shape index (κ3) is 4.61. The maximum atomic E-state index is 12.3. The fourth-order valence-electron chi connectivity index (χ4n) is 3.25. The van der Waals surface area contributed by atoms with Gasteiger partial charge < -0.3 is 9.47 Å². The van der Waals surface area contributed by atoms with Crippen molar-refractivity contribution >= 4 is 34.0 Å². The molecule has 0 N–H and O–H groups in total. The third-order valence-electron chi connectivity index (χ3n) is 4.83. The summed E-state index contributed by atoms with van der Waals surface area (Å²) in [6.07, 6.45) is 3.44. The van der Waals surface area contributed by atoms with E-state index in [1.807, 2.05) is 67.6 Å². The molecular weight excluding hydrogens is 392 g/mol. The Hall–Kier alpha value is -3.37. The largest absolute Gasteiger partial charge is 0.496 e. The predicted octanol–water partition coefficient (Wildman–Crippen LogP) is 6.69. The molecule has 0 bridgehead atoms. The first kappa shape index (κ1) is 19.9. The summed E-state index contributed by atoms with van der Waals surface area (Å²) >= 11 is 1.51. The molecule has 150 valence electrons. The number of carbonyl (C=O) groups excluding carboxylic acids is 1. The number of allylic oxidation sites excluding steroid dienone is 1. The van der Waals surface area contributed by atoms with Crippen molar-refractivity contribution in [2.45, 2.75) is 13.5 Å². The molecule has 0 spiro atoms. The topological polar surface area (TPSA) is 35.5 Å². The van der Waals surface area contributed by atoms with Crippen LogP contribution in [-0.4, -0.2) is 12.9 Å². The zero-order valence-electron chi connectivity index (χ0n) is 16.9. The first-order valence-corrected chi connectivity index (χ1v) is 10.5. The van der Waals surface area contributed by atoms with Gasteiger partial charge in [-0.05, 0) is 65.7 Å². The van der Waals surface area contributed by atoms with Crippen LogP contribution >= 0.6 is 11.3 Å². The number of ketones is 1. The summed E-state index contributed by atoms with van der Waals surface area (Å²) in [5.41, 5.74) is 1.85. The van der Waals surface area contributed by atoms with Crippen molar-refractivity contribution in [3.05, 3.63) is 99.8 Å². The van der Waals surface area contributed by atoms with Gasteiger partial charge in [-0.1, -0.05) is 42.5 Å². The summed E-state index contributed by atoms with van der Waals surface area (Å²) in [5.74, 6) is 1.57. The van der Waals surface area contributed by atoms with E-state index in [-0.39, 0.29) is 5.78 Å². The van der Waals surface area contributed by atoms with E-state index in [1.54, 1.807) is 13.2 Å². The second-order valence-corrected chi connectivity index (χ2v) is 8.26. The number of fused-ring (bicyclic) bond motifs is 1. The number of ether oxygens (including phenoxy) is 2. The van der Waals surface area contributed by atoms with Gasteiger partial charge in [0.15, 0.2) is 5.78 Å². The molecule has 0 aliphatic heterocycles. The van der Waals surface area contributed by atoms with E-state index < -0.39 is 0 Å². The maximum absolute atomic E-state index is 12.3. The highest BCUT2D eigenvalue weighted by molar-refractivity contribution is 7.14. The summed E-state index contributed by atoms with van der Waals surface area (Å²) in [6, 6.07) is 23.9. The van der Waals surface area contributed by atoms with Crippen LogP contribution in [0.1, 0.15) is 25.7 Å². The number of thiophene rings is 1. The second kappa shape index (κ2) is 8.97. The van der Waals surface area contributed by atoms with Crippen molar-refractivity contribution in [1.29, 1.82) is 0 Å². The smallest absolute Gasteiger partial charge is 0.195 e. The van der Waals surface area contributed by atoms with E-state index in [0.29, 0.717) is 6.61 Å². The van der Waals surface area contributed by atoms with Crippen molar-refractivity contribution in [2.75, 3.05) is 7.11 Å². The van der Waals surface area contributed by atoms with Gasteiger partial charge in [-0.25, -0.2) is 0 Å². The minimum absolute atomic E-state index is 0.0119. The normalized spacial score (nSPS) is 11.1. The number of carbonyl (C=O) groups is 1. The molecule has 1 heterocycles. The van der Waals surface area contributed by atoms with Gasteiger partial charge in [-0.3, -0.25) is 4.79 Å². The van der Waals surface area contributed by atoms with Crippen LogP contribution in [0, 0.1) is 6.92 Å². The Morgan fingerprint density at radius 2 is 1.80 bits per heavy atom. The monoisotopic (exact) mass is 414 g/mol. The van der Waals surface area contributed by atoms with E-state index in [2.05, 4.69) is 18.2 Å². The SMILES string of the molecule is COc1ccc(/C=C/C(=O)c2ccc(C)s2)cc1COc1ccc2ccccc2c1. The molecule has 4 aromatic rings. The summed E-state index contributed by atoms with van der Waals surface area (Å²) in [6.45, 7) is 2.37. The maximum Gasteiger partial charge on any atom is 0.195 e. The van der Waals surface area contributed by atoms with Gasteiger partial charge in [0.05, 0.1) is 12.0 Å². The highest BCUT2D eigenvalue weighted by Crippen LogP contribution is 2.25. The number of aryl methyl sites for hydroxylation is 1. The number of benzene rings is 3. The molecule has 1 aromatic heterocycles. The van der Waals surface area contributed by atoms with Crippen LogP contribution in [-0.2, 0) is 6.61 Å². The quantitative estimate of drug-likeness (QED) is 0.249. The van der Waals surface area contributed by atoms with Crippen molar-refractivity contribution < 1.29 is 14.3 Å².